The zero-order chi connectivity index (χ0) is 29.0. The van der Waals surface area contributed by atoms with E-state index in [0.717, 1.165) is 23.1 Å². The molecule has 1 aromatic rings. The van der Waals surface area contributed by atoms with Crippen molar-refractivity contribution in [2.75, 3.05) is 7.05 Å². The van der Waals surface area contributed by atoms with Crippen LogP contribution in [0.15, 0.2) is 29.8 Å². The molecule has 6 atom stereocenters. The lowest BCUT2D eigenvalue weighted by molar-refractivity contribution is -0.274. The maximum atomic E-state index is 13.7. The standard InChI is InChI=1S/C26H25Cl2F3N2O6/c1-23(2,3)33-19(35)13-7-6-12-15(17(13)20(33)36)10-24(27)21(37)32(4)22(38)25(24,28)18(12)14-9-11(5-8-16(14)34)39-26(29,30)31/h5-6,8-9,13,15,17-18,34H,7,10H2,1-4H3. The third kappa shape index (κ3) is 3.72. The fourth-order valence-electron chi connectivity index (χ4n) is 6.71. The zero-order valence-electron chi connectivity index (χ0n) is 21.3. The summed E-state index contributed by atoms with van der Waals surface area (Å²) in [6.45, 7) is 5.13. The number of halogens is 5. The van der Waals surface area contributed by atoms with Crippen molar-refractivity contribution in [3.63, 3.8) is 0 Å². The number of benzene rings is 1. The Morgan fingerprint density at radius 3 is 2.26 bits per heavy atom. The van der Waals surface area contributed by atoms with Crippen molar-refractivity contribution >= 4 is 46.8 Å². The topological polar surface area (TPSA) is 104 Å². The van der Waals surface area contributed by atoms with Gasteiger partial charge in [-0.15, -0.1) is 36.4 Å². The number of hydrogen-bond donors (Lipinski definition) is 1. The van der Waals surface area contributed by atoms with Gasteiger partial charge in [0.05, 0.1) is 11.8 Å². The Balaban J connectivity index is 1.73. The summed E-state index contributed by atoms with van der Waals surface area (Å²) in [5.41, 5.74) is -0.724. The Hall–Kier alpha value is -2.79. The number of fused-ring (bicyclic) bond motifs is 4. The van der Waals surface area contributed by atoms with Crippen molar-refractivity contribution in [1.82, 2.24) is 9.80 Å². The number of carbonyl (C=O) groups is 4. The van der Waals surface area contributed by atoms with Gasteiger partial charge in [-0.05, 0) is 57.7 Å². The van der Waals surface area contributed by atoms with Crippen molar-refractivity contribution < 1.29 is 42.2 Å². The number of phenols is 1. The van der Waals surface area contributed by atoms with Crippen LogP contribution in [-0.2, 0) is 19.2 Å². The Kier molecular flexibility index (Phi) is 5.95. The van der Waals surface area contributed by atoms with Gasteiger partial charge < -0.3 is 9.84 Å². The third-order valence-corrected chi connectivity index (χ3v) is 9.64. The number of imide groups is 2. The van der Waals surface area contributed by atoms with Gasteiger partial charge in [0.1, 0.15) is 11.5 Å². The highest BCUT2D eigenvalue weighted by molar-refractivity contribution is 6.53. The number of aromatic hydroxyl groups is 1. The monoisotopic (exact) mass is 588 g/mol. The van der Waals surface area contributed by atoms with E-state index < -0.39 is 74.5 Å². The average molecular weight is 589 g/mol. The number of likely N-dealkylation sites (tertiary alicyclic amines) is 2. The first kappa shape index (κ1) is 27.8. The highest BCUT2D eigenvalue weighted by Gasteiger charge is 2.76. The maximum absolute atomic E-state index is 13.7. The minimum absolute atomic E-state index is 0.0872. The van der Waals surface area contributed by atoms with Crippen LogP contribution in [0.1, 0.15) is 45.1 Å². The van der Waals surface area contributed by atoms with Crippen LogP contribution in [0.3, 0.4) is 0 Å². The van der Waals surface area contributed by atoms with E-state index in [1.807, 2.05) is 0 Å². The lowest BCUT2D eigenvalue weighted by Crippen LogP contribution is -2.60. The fraction of sp³-hybridized carbons (Fsp3) is 0.538. The molecule has 0 bridgehead atoms. The molecule has 2 saturated heterocycles. The number of rotatable bonds is 2. The minimum atomic E-state index is -5.05. The third-order valence-electron chi connectivity index (χ3n) is 8.23. The van der Waals surface area contributed by atoms with Gasteiger partial charge in [0.2, 0.25) is 11.8 Å². The zero-order valence-corrected chi connectivity index (χ0v) is 22.8. The molecule has 0 spiro atoms. The van der Waals surface area contributed by atoms with E-state index in [9.17, 15) is 37.5 Å². The van der Waals surface area contributed by atoms with Crippen molar-refractivity contribution in [2.45, 2.75) is 61.2 Å². The molecule has 6 unspecified atom stereocenters. The second-order valence-corrected chi connectivity index (χ2v) is 12.7. The van der Waals surface area contributed by atoms with E-state index in [2.05, 4.69) is 4.74 Å². The van der Waals surface area contributed by atoms with Crippen LogP contribution in [0.2, 0.25) is 0 Å². The van der Waals surface area contributed by atoms with Gasteiger partial charge >= 0.3 is 6.36 Å². The summed E-state index contributed by atoms with van der Waals surface area (Å²) >= 11 is 14.0. The second kappa shape index (κ2) is 8.36. The van der Waals surface area contributed by atoms with E-state index in [1.165, 1.54) is 11.9 Å². The van der Waals surface area contributed by atoms with Crippen LogP contribution in [0, 0.1) is 17.8 Å². The molecule has 0 aromatic heterocycles. The van der Waals surface area contributed by atoms with Crippen molar-refractivity contribution in [1.29, 1.82) is 0 Å². The van der Waals surface area contributed by atoms with Gasteiger partial charge in [0.25, 0.3) is 11.8 Å². The van der Waals surface area contributed by atoms with Gasteiger partial charge in [-0.1, -0.05) is 11.6 Å². The van der Waals surface area contributed by atoms with Crippen molar-refractivity contribution in [3.05, 3.63) is 35.4 Å². The van der Waals surface area contributed by atoms with Crippen LogP contribution in [0.5, 0.6) is 11.5 Å². The minimum Gasteiger partial charge on any atom is -0.508 e. The SMILES string of the molecule is CN1C(=O)C2(Cl)CC3C(=CCC4C(=O)N(C(C)(C)C)C(=O)C43)C(c3cc(OC(F)(F)F)ccc3O)C2(Cl)C1=O. The van der Waals surface area contributed by atoms with E-state index in [0.29, 0.717) is 5.57 Å². The number of alkyl halides is 5. The molecular formula is C26H25Cl2F3N2O6. The van der Waals surface area contributed by atoms with Crippen molar-refractivity contribution in [2.24, 2.45) is 17.8 Å². The number of nitrogens with zero attached hydrogens (tertiary/aromatic N) is 2. The molecular weight excluding hydrogens is 564 g/mol. The molecule has 4 aliphatic rings. The molecule has 0 radical (unpaired) electrons. The van der Waals surface area contributed by atoms with Crippen LogP contribution in [0.4, 0.5) is 13.2 Å². The number of carbonyl (C=O) groups excluding carboxylic acids is 4. The Labute approximate surface area is 231 Å². The predicted octanol–water partition coefficient (Wildman–Crippen LogP) is 4.08. The summed E-state index contributed by atoms with van der Waals surface area (Å²) in [5, 5.41) is 10.8. The first-order chi connectivity index (χ1) is 17.8. The van der Waals surface area contributed by atoms with Gasteiger partial charge in [-0.2, -0.15) is 0 Å². The van der Waals surface area contributed by atoms with E-state index in [1.54, 1.807) is 26.8 Å². The average Bonchev–Trinajstić information content (AvgIpc) is 3.15. The second-order valence-electron chi connectivity index (χ2n) is 11.4. The van der Waals surface area contributed by atoms with Crippen LogP contribution >= 0.6 is 23.2 Å². The molecule has 4 amide bonds. The van der Waals surface area contributed by atoms with Crippen LogP contribution in [-0.4, -0.2) is 67.2 Å². The fourth-order valence-corrected chi connectivity index (χ4v) is 7.72. The summed E-state index contributed by atoms with van der Waals surface area (Å²) in [6.07, 6.45) is -3.61. The predicted molar refractivity (Wildman–Crippen MR) is 132 cm³/mol. The van der Waals surface area contributed by atoms with Gasteiger partial charge in [0, 0.05) is 24.1 Å². The molecule has 1 saturated carbocycles. The Morgan fingerprint density at radius 1 is 1.03 bits per heavy atom. The van der Waals surface area contributed by atoms with E-state index in [4.69, 9.17) is 23.2 Å². The van der Waals surface area contributed by atoms with Gasteiger partial charge in [0.15, 0.2) is 9.75 Å². The van der Waals surface area contributed by atoms with E-state index >= 15 is 0 Å². The summed E-state index contributed by atoms with van der Waals surface area (Å²) in [5.74, 6) is -7.79. The first-order valence-corrected chi connectivity index (χ1v) is 13.0. The molecule has 2 aliphatic heterocycles. The largest absolute Gasteiger partial charge is 0.573 e. The summed E-state index contributed by atoms with van der Waals surface area (Å²) in [4.78, 5) is 51.5. The lowest BCUT2D eigenvalue weighted by Gasteiger charge is -2.50. The van der Waals surface area contributed by atoms with Crippen molar-refractivity contribution in [3.8, 4) is 11.5 Å². The molecule has 5 rings (SSSR count). The molecule has 13 heteroatoms. The van der Waals surface area contributed by atoms with Crippen LogP contribution in [0.25, 0.3) is 0 Å². The normalized spacial score (nSPS) is 34.6. The van der Waals surface area contributed by atoms with Crippen LogP contribution < -0.4 is 4.74 Å². The highest BCUT2D eigenvalue weighted by atomic mass is 35.5. The van der Waals surface area contributed by atoms with E-state index in [-0.39, 0.29) is 24.3 Å². The summed E-state index contributed by atoms with van der Waals surface area (Å²) in [7, 11) is 1.18. The molecule has 39 heavy (non-hydrogen) atoms. The molecule has 2 heterocycles. The highest BCUT2D eigenvalue weighted by Crippen LogP contribution is 2.66. The van der Waals surface area contributed by atoms with Gasteiger partial charge in [-0.3, -0.25) is 29.0 Å². The number of ether oxygens (including phenoxy) is 1. The quantitative estimate of drug-likeness (QED) is 0.317. The Morgan fingerprint density at radius 2 is 1.67 bits per heavy atom. The smallest absolute Gasteiger partial charge is 0.508 e. The summed E-state index contributed by atoms with van der Waals surface area (Å²) in [6, 6.07) is 2.74. The molecule has 2 aliphatic carbocycles. The number of hydrogen-bond acceptors (Lipinski definition) is 6. The number of amides is 4. The Bertz CT molecular complexity index is 1360. The molecule has 210 valence electrons. The first-order valence-electron chi connectivity index (χ1n) is 12.2. The maximum Gasteiger partial charge on any atom is 0.573 e. The summed E-state index contributed by atoms with van der Waals surface area (Å²) < 4.78 is 43.2. The molecule has 8 nitrogen and oxygen atoms in total. The van der Waals surface area contributed by atoms with Gasteiger partial charge in [-0.25, -0.2) is 0 Å². The lowest BCUT2D eigenvalue weighted by atomic mass is 9.56. The molecule has 3 fully saturated rings. The number of phenolic OH excluding ortho intramolecular Hbond substituents is 1. The molecule has 1 aromatic carbocycles. The molecule has 1 N–H and O–H groups in total. The number of allylic oxidation sites excluding steroid dienone is 2.